The largest absolute Gasteiger partial charge is 0.451 e. The molecule has 0 N–H and O–H groups in total. The number of rotatable bonds is 1. The van der Waals surface area contributed by atoms with Crippen LogP contribution in [0.1, 0.15) is 31.5 Å². The Morgan fingerprint density at radius 2 is 1.96 bits per heavy atom. The fraction of sp³-hybridized carbons (Fsp3) is 0.429. The van der Waals surface area contributed by atoms with Gasteiger partial charge in [-0.1, -0.05) is 20.8 Å². The van der Waals surface area contributed by atoms with Gasteiger partial charge in [0.25, 0.3) is 5.91 Å². The van der Waals surface area contributed by atoms with E-state index in [2.05, 4.69) is 15.0 Å². The molecule has 0 saturated carbocycles. The lowest BCUT2D eigenvalue weighted by atomic mass is 9.96. The summed E-state index contributed by atoms with van der Waals surface area (Å²) < 4.78 is 39.6. The molecule has 0 atom stereocenters. The Kier molecular flexibility index (Phi) is 4.43. The van der Waals surface area contributed by atoms with Crippen molar-refractivity contribution in [3.63, 3.8) is 0 Å². The lowest BCUT2D eigenvalue weighted by molar-refractivity contribution is -0.145. The third-order valence-corrected chi connectivity index (χ3v) is 3.65. The van der Waals surface area contributed by atoms with Crippen molar-refractivity contribution < 1.29 is 18.0 Å². The third-order valence-electron chi connectivity index (χ3n) is 2.75. The molecule has 1 amide bonds. The van der Waals surface area contributed by atoms with Crippen LogP contribution in [-0.2, 0) is 11.0 Å². The first kappa shape index (κ1) is 17.3. The molecule has 0 aliphatic heterocycles. The van der Waals surface area contributed by atoms with Crippen LogP contribution in [0.5, 0.6) is 0 Å². The van der Waals surface area contributed by atoms with Crippen molar-refractivity contribution in [3.8, 4) is 5.82 Å². The van der Waals surface area contributed by atoms with Gasteiger partial charge in [0.1, 0.15) is 5.82 Å². The van der Waals surface area contributed by atoms with Crippen LogP contribution in [0.4, 0.5) is 13.2 Å². The van der Waals surface area contributed by atoms with Gasteiger partial charge in [0.05, 0.1) is 0 Å². The number of carbonyl (C=O) groups is 1. The fourth-order valence-corrected chi connectivity index (χ4v) is 2.39. The predicted molar refractivity (Wildman–Crippen MR) is 79.0 cm³/mol. The van der Waals surface area contributed by atoms with E-state index < -0.39 is 17.4 Å². The molecule has 9 heteroatoms. The summed E-state index contributed by atoms with van der Waals surface area (Å²) in [5.41, 5.74) is -0.682. The van der Waals surface area contributed by atoms with Crippen molar-refractivity contribution in [1.82, 2.24) is 14.5 Å². The number of carbonyl (C=O) groups excluding carboxylic acids is 1. The predicted octanol–water partition coefficient (Wildman–Crippen LogP) is 3.13. The van der Waals surface area contributed by atoms with E-state index in [1.54, 1.807) is 33.9 Å². The van der Waals surface area contributed by atoms with Crippen LogP contribution in [0.15, 0.2) is 23.5 Å². The molecule has 2 aromatic heterocycles. The number of halogens is 3. The SMILES string of the molecule is Cc1cn(-c2ccnc(C(F)(F)F)n2)c(=NC(=O)C(C)(C)C)s1. The second-order valence-electron chi connectivity index (χ2n) is 5.90. The first-order valence-corrected chi connectivity index (χ1v) is 7.49. The lowest BCUT2D eigenvalue weighted by Gasteiger charge is -2.12. The van der Waals surface area contributed by atoms with Crippen molar-refractivity contribution in [2.45, 2.75) is 33.9 Å². The number of hydrogen-bond acceptors (Lipinski definition) is 4. The molecule has 2 aromatic rings. The maximum Gasteiger partial charge on any atom is 0.451 e. The van der Waals surface area contributed by atoms with E-state index in [0.29, 0.717) is 0 Å². The molecule has 0 aromatic carbocycles. The van der Waals surface area contributed by atoms with Crippen LogP contribution >= 0.6 is 11.3 Å². The van der Waals surface area contributed by atoms with E-state index >= 15 is 0 Å². The summed E-state index contributed by atoms with van der Waals surface area (Å²) in [5, 5.41) is 0. The van der Waals surface area contributed by atoms with E-state index in [1.165, 1.54) is 22.0 Å². The Morgan fingerprint density at radius 3 is 2.52 bits per heavy atom. The molecule has 124 valence electrons. The molecule has 0 unspecified atom stereocenters. The van der Waals surface area contributed by atoms with Crippen LogP contribution in [-0.4, -0.2) is 20.4 Å². The minimum Gasteiger partial charge on any atom is -0.276 e. The van der Waals surface area contributed by atoms with Gasteiger partial charge >= 0.3 is 6.18 Å². The standard InChI is InChI=1S/C14H15F3N4OS/c1-8-7-21(12(23-8)20-11(22)13(2,3)4)9-5-6-18-10(19-9)14(15,16)17/h5-7H,1-4H3. The molecule has 0 saturated heterocycles. The van der Waals surface area contributed by atoms with E-state index in [9.17, 15) is 18.0 Å². The first-order valence-electron chi connectivity index (χ1n) is 6.67. The normalized spacial score (nSPS) is 13.4. The fourth-order valence-electron chi connectivity index (χ4n) is 1.57. The van der Waals surface area contributed by atoms with E-state index in [1.807, 2.05) is 0 Å². The summed E-state index contributed by atoms with van der Waals surface area (Å²) in [5.74, 6) is -1.59. The Bertz CT molecular complexity index is 799. The Hall–Kier alpha value is -2.03. The lowest BCUT2D eigenvalue weighted by Crippen LogP contribution is -2.23. The number of hydrogen-bond donors (Lipinski definition) is 0. The van der Waals surface area contributed by atoms with Gasteiger partial charge in [-0.15, -0.1) is 11.3 Å². The van der Waals surface area contributed by atoms with Crippen LogP contribution in [0.2, 0.25) is 0 Å². The van der Waals surface area contributed by atoms with Crippen LogP contribution in [0.25, 0.3) is 5.82 Å². The van der Waals surface area contributed by atoms with Gasteiger partial charge in [0.2, 0.25) is 5.82 Å². The first-order chi connectivity index (χ1) is 10.5. The summed E-state index contributed by atoms with van der Waals surface area (Å²) in [7, 11) is 0. The summed E-state index contributed by atoms with van der Waals surface area (Å²) in [6.45, 7) is 6.93. The molecule has 23 heavy (non-hydrogen) atoms. The minimum absolute atomic E-state index is 0.0112. The smallest absolute Gasteiger partial charge is 0.276 e. The Morgan fingerprint density at radius 1 is 1.30 bits per heavy atom. The average Bonchev–Trinajstić information content (AvgIpc) is 2.78. The number of nitrogens with zero attached hydrogens (tertiary/aromatic N) is 4. The number of aryl methyl sites for hydroxylation is 1. The maximum absolute atomic E-state index is 12.7. The molecular formula is C14H15F3N4OS. The van der Waals surface area contributed by atoms with Crippen LogP contribution < -0.4 is 4.80 Å². The Balaban J connectivity index is 2.58. The van der Waals surface area contributed by atoms with Crippen LogP contribution in [0.3, 0.4) is 0 Å². The van der Waals surface area contributed by atoms with Gasteiger partial charge in [-0.2, -0.15) is 18.2 Å². The summed E-state index contributed by atoms with van der Waals surface area (Å²) in [6, 6.07) is 1.34. The van der Waals surface area contributed by atoms with Gasteiger partial charge < -0.3 is 0 Å². The average molecular weight is 344 g/mol. The monoisotopic (exact) mass is 344 g/mol. The molecule has 0 fully saturated rings. The summed E-state index contributed by atoms with van der Waals surface area (Å²) in [4.78, 5) is 23.9. The number of alkyl halides is 3. The molecule has 0 aliphatic carbocycles. The highest BCUT2D eigenvalue weighted by atomic mass is 32.1. The molecule has 2 heterocycles. The molecule has 0 spiro atoms. The van der Waals surface area contributed by atoms with E-state index in [0.717, 1.165) is 11.1 Å². The van der Waals surface area contributed by atoms with Gasteiger partial charge in [-0.3, -0.25) is 9.36 Å². The second-order valence-corrected chi connectivity index (χ2v) is 7.11. The maximum atomic E-state index is 12.7. The van der Waals surface area contributed by atoms with Crippen LogP contribution in [0, 0.1) is 12.3 Å². The minimum atomic E-state index is -4.64. The molecule has 0 aliphatic rings. The zero-order valence-electron chi connectivity index (χ0n) is 13.0. The highest BCUT2D eigenvalue weighted by Crippen LogP contribution is 2.26. The zero-order chi connectivity index (χ0) is 17.4. The highest BCUT2D eigenvalue weighted by Gasteiger charge is 2.34. The summed E-state index contributed by atoms with van der Waals surface area (Å²) >= 11 is 1.20. The van der Waals surface area contributed by atoms with Crippen molar-refractivity contribution in [2.75, 3.05) is 0 Å². The molecule has 0 bridgehead atoms. The quantitative estimate of drug-likeness (QED) is 0.798. The molecule has 2 rings (SSSR count). The second kappa shape index (κ2) is 5.88. The van der Waals surface area contributed by atoms with Gasteiger partial charge in [-0.05, 0) is 13.0 Å². The van der Waals surface area contributed by atoms with Gasteiger partial charge in [0.15, 0.2) is 4.80 Å². The number of amides is 1. The molecule has 5 nitrogen and oxygen atoms in total. The zero-order valence-corrected chi connectivity index (χ0v) is 13.8. The van der Waals surface area contributed by atoms with Gasteiger partial charge in [-0.25, -0.2) is 9.97 Å². The van der Waals surface area contributed by atoms with E-state index in [-0.39, 0.29) is 16.5 Å². The van der Waals surface area contributed by atoms with Crippen molar-refractivity contribution >= 4 is 17.2 Å². The molecular weight excluding hydrogens is 329 g/mol. The van der Waals surface area contributed by atoms with E-state index in [4.69, 9.17) is 0 Å². The van der Waals surface area contributed by atoms with Gasteiger partial charge in [0, 0.05) is 22.7 Å². The molecule has 0 radical (unpaired) electrons. The number of aromatic nitrogens is 3. The highest BCUT2D eigenvalue weighted by molar-refractivity contribution is 7.09. The van der Waals surface area contributed by atoms with Crippen molar-refractivity contribution in [2.24, 2.45) is 10.4 Å². The Labute approximate surface area is 134 Å². The van der Waals surface area contributed by atoms with Crippen molar-refractivity contribution in [1.29, 1.82) is 0 Å². The number of thiazole rings is 1. The summed E-state index contributed by atoms with van der Waals surface area (Å²) in [6.07, 6.45) is -2.03. The topological polar surface area (TPSA) is 60.1 Å². The van der Waals surface area contributed by atoms with Crippen molar-refractivity contribution in [3.05, 3.63) is 34.0 Å². The third kappa shape index (κ3) is 4.04.